The average Bonchev–Trinajstić information content (AvgIpc) is 2.41. The van der Waals surface area contributed by atoms with Crippen LogP contribution in [-0.2, 0) is 9.47 Å². The predicted molar refractivity (Wildman–Crippen MR) is 72.6 cm³/mol. The molecule has 0 aromatic rings. The highest BCUT2D eigenvalue weighted by Gasteiger charge is 2.43. The van der Waals surface area contributed by atoms with Gasteiger partial charge in [-0.25, -0.2) is 0 Å². The molecule has 1 aliphatic carbocycles. The van der Waals surface area contributed by atoms with E-state index in [9.17, 15) is 0 Å². The highest BCUT2D eigenvalue weighted by Crippen LogP contribution is 2.36. The fourth-order valence-electron chi connectivity index (χ4n) is 3.54. The Bertz CT molecular complexity index is 265. The number of hydrogen-bond acceptors (Lipinski definition) is 4. The van der Waals surface area contributed by atoms with Crippen LogP contribution in [0.3, 0.4) is 0 Å². The Balaban J connectivity index is 2.07. The molecule has 0 radical (unpaired) electrons. The molecule has 2 unspecified atom stereocenters. The average molecular weight is 256 g/mol. The van der Waals surface area contributed by atoms with Crippen LogP contribution in [0.25, 0.3) is 0 Å². The number of nitrogens with zero attached hydrogens (tertiary/aromatic N) is 1. The zero-order valence-corrected chi connectivity index (χ0v) is 12.0. The van der Waals surface area contributed by atoms with Gasteiger partial charge in [-0.3, -0.25) is 4.90 Å². The molecule has 4 heteroatoms. The van der Waals surface area contributed by atoms with Crippen LogP contribution in [0.15, 0.2) is 0 Å². The van der Waals surface area contributed by atoms with Gasteiger partial charge in [0.05, 0.1) is 18.8 Å². The standard InChI is InChI=1S/C14H28N2O2/c1-11-9-18-12(2)8-16(11)14(10-15)6-4-13(17-3)5-7-14/h11-13H,4-10,15H2,1-3H3. The van der Waals surface area contributed by atoms with Gasteiger partial charge in [0.25, 0.3) is 0 Å². The fourth-order valence-corrected chi connectivity index (χ4v) is 3.54. The molecule has 1 saturated heterocycles. The Kier molecular flexibility index (Phi) is 4.64. The normalized spacial score (nSPS) is 43.0. The van der Waals surface area contributed by atoms with Crippen molar-refractivity contribution in [2.45, 2.75) is 63.3 Å². The Labute approximate surface area is 111 Å². The van der Waals surface area contributed by atoms with Crippen molar-refractivity contribution < 1.29 is 9.47 Å². The Morgan fingerprint density at radius 1 is 1.33 bits per heavy atom. The van der Waals surface area contributed by atoms with Gasteiger partial charge in [-0.15, -0.1) is 0 Å². The highest BCUT2D eigenvalue weighted by molar-refractivity contribution is 4.99. The third-order valence-electron chi connectivity index (χ3n) is 4.79. The minimum Gasteiger partial charge on any atom is -0.381 e. The number of ether oxygens (including phenoxy) is 2. The van der Waals surface area contributed by atoms with Crippen LogP contribution in [0.5, 0.6) is 0 Å². The molecule has 0 bridgehead atoms. The van der Waals surface area contributed by atoms with Crippen LogP contribution >= 0.6 is 0 Å². The second kappa shape index (κ2) is 5.87. The summed E-state index contributed by atoms with van der Waals surface area (Å²) in [4.78, 5) is 2.60. The molecule has 2 aliphatic rings. The molecule has 18 heavy (non-hydrogen) atoms. The van der Waals surface area contributed by atoms with Crippen molar-refractivity contribution in [3.63, 3.8) is 0 Å². The number of nitrogens with two attached hydrogens (primary N) is 1. The van der Waals surface area contributed by atoms with Gasteiger partial charge in [0.1, 0.15) is 0 Å². The third kappa shape index (κ3) is 2.72. The van der Waals surface area contributed by atoms with E-state index in [1.54, 1.807) is 0 Å². The van der Waals surface area contributed by atoms with E-state index in [-0.39, 0.29) is 5.54 Å². The number of morpholine rings is 1. The van der Waals surface area contributed by atoms with Crippen molar-refractivity contribution in [2.75, 3.05) is 26.8 Å². The summed E-state index contributed by atoms with van der Waals surface area (Å²) in [6.45, 7) is 7.00. The zero-order chi connectivity index (χ0) is 13.2. The highest BCUT2D eigenvalue weighted by atomic mass is 16.5. The molecule has 0 aromatic heterocycles. The van der Waals surface area contributed by atoms with Gasteiger partial charge in [-0.1, -0.05) is 0 Å². The van der Waals surface area contributed by atoms with E-state index < -0.39 is 0 Å². The minimum absolute atomic E-state index is 0.173. The lowest BCUT2D eigenvalue weighted by atomic mass is 9.78. The second-order valence-corrected chi connectivity index (χ2v) is 6.01. The first-order valence-electron chi connectivity index (χ1n) is 7.22. The summed E-state index contributed by atoms with van der Waals surface area (Å²) in [7, 11) is 1.82. The van der Waals surface area contributed by atoms with Crippen LogP contribution in [0.4, 0.5) is 0 Å². The summed E-state index contributed by atoms with van der Waals surface area (Å²) in [6, 6.07) is 0.476. The van der Waals surface area contributed by atoms with Crippen molar-refractivity contribution >= 4 is 0 Å². The van der Waals surface area contributed by atoms with E-state index in [0.717, 1.165) is 45.4 Å². The van der Waals surface area contributed by atoms with Gasteiger partial charge in [0.15, 0.2) is 0 Å². The first-order chi connectivity index (χ1) is 8.61. The maximum absolute atomic E-state index is 6.14. The Hall–Kier alpha value is -0.160. The Morgan fingerprint density at radius 2 is 2.00 bits per heavy atom. The van der Waals surface area contributed by atoms with Gasteiger partial charge in [-0.2, -0.15) is 0 Å². The van der Waals surface area contributed by atoms with Crippen molar-refractivity contribution in [3.05, 3.63) is 0 Å². The molecule has 1 aliphatic heterocycles. The fraction of sp³-hybridized carbons (Fsp3) is 1.00. The molecule has 0 amide bonds. The van der Waals surface area contributed by atoms with Crippen LogP contribution < -0.4 is 5.73 Å². The molecule has 2 rings (SSSR count). The maximum atomic E-state index is 6.14. The van der Waals surface area contributed by atoms with Crippen LogP contribution in [0, 0.1) is 0 Å². The van der Waals surface area contributed by atoms with Crippen molar-refractivity contribution in [1.82, 2.24) is 4.90 Å². The lowest BCUT2D eigenvalue weighted by molar-refractivity contribution is -0.110. The summed E-state index contributed by atoms with van der Waals surface area (Å²) in [6.07, 6.45) is 5.32. The summed E-state index contributed by atoms with van der Waals surface area (Å²) in [5.41, 5.74) is 6.31. The molecule has 1 heterocycles. The van der Waals surface area contributed by atoms with E-state index in [2.05, 4.69) is 18.7 Å². The summed E-state index contributed by atoms with van der Waals surface area (Å²) in [5.74, 6) is 0. The molecule has 2 fully saturated rings. The zero-order valence-electron chi connectivity index (χ0n) is 12.0. The Morgan fingerprint density at radius 3 is 2.56 bits per heavy atom. The molecule has 106 valence electrons. The lowest BCUT2D eigenvalue weighted by Crippen LogP contribution is -2.63. The minimum atomic E-state index is 0.173. The summed E-state index contributed by atoms with van der Waals surface area (Å²) in [5, 5.41) is 0. The lowest BCUT2D eigenvalue weighted by Gasteiger charge is -2.52. The van der Waals surface area contributed by atoms with Crippen molar-refractivity contribution in [2.24, 2.45) is 5.73 Å². The SMILES string of the molecule is COC1CCC(CN)(N2CC(C)OCC2C)CC1. The van der Waals surface area contributed by atoms with Crippen molar-refractivity contribution in [3.8, 4) is 0 Å². The van der Waals surface area contributed by atoms with Gasteiger partial charge in [0, 0.05) is 31.8 Å². The van der Waals surface area contributed by atoms with Crippen LogP contribution in [0.2, 0.25) is 0 Å². The van der Waals surface area contributed by atoms with Crippen molar-refractivity contribution in [1.29, 1.82) is 0 Å². The number of hydrogen-bond donors (Lipinski definition) is 1. The molecule has 4 nitrogen and oxygen atoms in total. The maximum Gasteiger partial charge on any atom is 0.0675 e. The van der Waals surface area contributed by atoms with Gasteiger partial charge < -0.3 is 15.2 Å². The van der Waals surface area contributed by atoms with Gasteiger partial charge >= 0.3 is 0 Å². The smallest absolute Gasteiger partial charge is 0.0675 e. The number of rotatable bonds is 3. The summed E-state index contributed by atoms with van der Waals surface area (Å²) < 4.78 is 11.2. The van der Waals surface area contributed by atoms with E-state index in [1.165, 1.54) is 0 Å². The molecule has 2 N–H and O–H groups in total. The molecule has 0 aromatic carbocycles. The van der Waals surface area contributed by atoms with Gasteiger partial charge in [0.2, 0.25) is 0 Å². The summed E-state index contributed by atoms with van der Waals surface area (Å²) >= 11 is 0. The van der Waals surface area contributed by atoms with Gasteiger partial charge in [-0.05, 0) is 39.5 Å². The quantitative estimate of drug-likeness (QED) is 0.829. The molecule has 2 atom stereocenters. The predicted octanol–water partition coefficient (Wildman–Crippen LogP) is 1.38. The van der Waals surface area contributed by atoms with Crippen LogP contribution in [-0.4, -0.2) is 55.5 Å². The van der Waals surface area contributed by atoms with E-state index in [4.69, 9.17) is 15.2 Å². The molecular formula is C14H28N2O2. The first-order valence-corrected chi connectivity index (χ1v) is 7.22. The molecule has 1 saturated carbocycles. The number of methoxy groups -OCH3 is 1. The van der Waals surface area contributed by atoms with E-state index >= 15 is 0 Å². The van der Waals surface area contributed by atoms with E-state index in [0.29, 0.717) is 18.2 Å². The van der Waals surface area contributed by atoms with Crippen LogP contribution in [0.1, 0.15) is 39.5 Å². The third-order valence-corrected chi connectivity index (χ3v) is 4.79. The van der Waals surface area contributed by atoms with E-state index in [1.807, 2.05) is 7.11 Å². The largest absolute Gasteiger partial charge is 0.381 e. The topological polar surface area (TPSA) is 47.7 Å². The molecule has 0 spiro atoms. The monoisotopic (exact) mass is 256 g/mol. The first kappa shape index (κ1) is 14.3. The molecular weight excluding hydrogens is 228 g/mol. The second-order valence-electron chi connectivity index (χ2n) is 6.01.